The lowest BCUT2D eigenvalue weighted by atomic mass is 10.1. The molecule has 0 aliphatic carbocycles. The molecule has 0 atom stereocenters. The van der Waals surface area contributed by atoms with Crippen LogP contribution >= 0.6 is 0 Å². The van der Waals surface area contributed by atoms with Crippen molar-refractivity contribution in [3.63, 3.8) is 0 Å². The van der Waals surface area contributed by atoms with Crippen LogP contribution in [-0.4, -0.2) is 25.8 Å². The summed E-state index contributed by atoms with van der Waals surface area (Å²) in [4.78, 5) is 25.9. The van der Waals surface area contributed by atoms with Crippen molar-refractivity contribution in [1.82, 2.24) is 19.6 Å². The first-order valence-corrected chi connectivity index (χ1v) is 9.02. The molecule has 29 heavy (non-hydrogen) atoms. The van der Waals surface area contributed by atoms with Crippen LogP contribution < -0.4 is 5.56 Å². The molecule has 0 saturated carbocycles. The maximum absolute atomic E-state index is 12.9. The number of aromatic nitrogens is 4. The van der Waals surface area contributed by atoms with E-state index < -0.39 is 5.56 Å². The highest BCUT2D eigenvalue weighted by Crippen LogP contribution is 2.30. The lowest BCUT2D eigenvalue weighted by Gasteiger charge is -2.02. The summed E-state index contributed by atoms with van der Waals surface area (Å²) < 4.78 is 6.97. The second-order valence-electron chi connectivity index (χ2n) is 6.58. The lowest BCUT2D eigenvalue weighted by molar-refractivity contribution is 0.637. The number of furan rings is 1. The fourth-order valence-corrected chi connectivity index (χ4v) is 3.22. The molecule has 0 bridgehead atoms. The third-order valence-corrected chi connectivity index (χ3v) is 4.62. The summed E-state index contributed by atoms with van der Waals surface area (Å²) >= 11 is 0. The number of benzene rings is 1. The van der Waals surface area contributed by atoms with E-state index >= 15 is 0 Å². The Morgan fingerprint density at radius 2 is 2.00 bits per heavy atom. The van der Waals surface area contributed by atoms with Gasteiger partial charge in [0.1, 0.15) is 11.8 Å². The molecule has 7 nitrogen and oxygen atoms in total. The molecular formula is C22H15N5O2. The van der Waals surface area contributed by atoms with Crippen LogP contribution in [0.25, 0.3) is 33.5 Å². The predicted molar refractivity (Wildman–Crippen MR) is 111 cm³/mol. The van der Waals surface area contributed by atoms with Gasteiger partial charge in [-0.1, -0.05) is 36.4 Å². The van der Waals surface area contributed by atoms with Gasteiger partial charge in [-0.2, -0.15) is 9.78 Å². The predicted octanol–water partition coefficient (Wildman–Crippen LogP) is 3.79. The van der Waals surface area contributed by atoms with Gasteiger partial charge in [0.2, 0.25) is 11.3 Å². The van der Waals surface area contributed by atoms with E-state index in [0.717, 1.165) is 32.4 Å². The number of hydrogen-bond donors (Lipinski definition) is 0. The van der Waals surface area contributed by atoms with Gasteiger partial charge in [-0.3, -0.25) is 9.78 Å². The Labute approximate surface area is 165 Å². The van der Waals surface area contributed by atoms with E-state index in [0.29, 0.717) is 11.2 Å². The van der Waals surface area contributed by atoms with Gasteiger partial charge in [0, 0.05) is 23.5 Å². The molecule has 0 saturated heterocycles. The Balaban J connectivity index is 1.66. The Bertz CT molecular complexity index is 1420. The van der Waals surface area contributed by atoms with Crippen LogP contribution in [0.1, 0.15) is 11.1 Å². The maximum atomic E-state index is 12.9. The Kier molecular flexibility index (Phi) is 3.98. The van der Waals surface area contributed by atoms with Crippen molar-refractivity contribution in [3.8, 4) is 11.3 Å². The van der Waals surface area contributed by atoms with E-state index in [2.05, 4.69) is 20.1 Å². The molecule has 140 valence electrons. The minimum absolute atomic E-state index is 0.131. The summed E-state index contributed by atoms with van der Waals surface area (Å²) in [6.07, 6.45) is 6.25. The van der Waals surface area contributed by atoms with Crippen LogP contribution in [0.2, 0.25) is 0 Å². The molecule has 0 N–H and O–H groups in total. The fraction of sp³-hybridized carbons (Fsp3) is 0.0455. The van der Waals surface area contributed by atoms with Gasteiger partial charge in [0.15, 0.2) is 0 Å². The number of nitrogens with zero attached hydrogens (tertiary/aromatic N) is 5. The van der Waals surface area contributed by atoms with Crippen molar-refractivity contribution in [2.24, 2.45) is 5.10 Å². The second kappa shape index (κ2) is 6.79. The molecule has 5 aromatic rings. The standard InChI is InChI=1S/C22H15N5O2/c1-14-10-17(16-7-3-2-4-8-16)26-21-18(14)19-20(29-21)22(28)27(13-24-19)25-12-15-6-5-9-23-11-15/h2-13H,1H3. The molecule has 0 radical (unpaired) electrons. The topological polar surface area (TPSA) is 86.2 Å². The molecule has 4 heterocycles. The van der Waals surface area contributed by atoms with Crippen molar-refractivity contribution in [1.29, 1.82) is 0 Å². The highest BCUT2D eigenvalue weighted by molar-refractivity contribution is 6.03. The van der Waals surface area contributed by atoms with Crippen LogP contribution in [0.3, 0.4) is 0 Å². The number of pyridine rings is 2. The fourth-order valence-electron chi connectivity index (χ4n) is 3.22. The molecular weight excluding hydrogens is 366 g/mol. The van der Waals surface area contributed by atoms with Crippen LogP contribution in [0.15, 0.2) is 81.6 Å². The molecule has 0 spiro atoms. The third-order valence-electron chi connectivity index (χ3n) is 4.62. The summed E-state index contributed by atoms with van der Waals surface area (Å²) in [5.41, 5.74) is 4.08. The average Bonchev–Trinajstić information content (AvgIpc) is 3.15. The third kappa shape index (κ3) is 2.98. The minimum atomic E-state index is -0.395. The Hall–Kier alpha value is -4.13. The molecule has 4 aromatic heterocycles. The first-order valence-electron chi connectivity index (χ1n) is 9.02. The monoisotopic (exact) mass is 381 g/mol. The van der Waals surface area contributed by atoms with Crippen molar-refractivity contribution < 1.29 is 4.42 Å². The van der Waals surface area contributed by atoms with Crippen molar-refractivity contribution in [2.45, 2.75) is 6.92 Å². The van der Waals surface area contributed by atoms with Crippen LogP contribution in [0.5, 0.6) is 0 Å². The highest BCUT2D eigenvalue weighted by atomic mass is 16.3. The molecule has 0 fully saturated rings. The molecule has 0 aliphatic rings. The van der Waals surface area contributed by atoms with E-state index in [4.69, 9.17) is 4.42 Å². The zero-order valence-electron chi connectivity index (χ0n) is 15.5. The van der Waals surface area contributed by atoms with Gasteiger partial charge < -0.3 is 4.42 Å². The molecule has 1 aromatic carbocycles. The zero-order chi connectivity index (χ0) is 19.8. The van der Waals surface area contributed by atoms with Gasteiger partial charge in [-0.15, -0.1) is 0 Å². The van der Waals surface area contributed by atoms with Crippen molar-refractivity contribution >= 4 is 28.4 Å². The maximum Gasteiger partial charge on any atom is 0.317 e. The largest absolute Gasteiger partial charge is 0.430 e. The van der Waals surface area contributed by atoms with Crippen molar-refractivity contribution in [3.05, 3.63) is 88.7 Å². The first-order chi connectivity index (χ1) is 14.2. The lowest BCUT2D eigenvalue weighted by Crippen LogP contribution is -2.16. The summed E-state index contributed by atoms with van der Waals surface area (Å²) in [6, 6.07) is 15.4. The summed E-state index contributed by atoms with van der Waals surface area (Å²) in [5.74, 6) is 0. The molecule has 0 amide bonds. The molecule has 5 rings (SSSR count). The molecule has 0 aliphatic heterocycles. The van der Waals surface area contributed by atoms with Crippen LogP contribution in [-0.2, 0) is 0 Å². The van der Waals surface area contributed by atoms with Gasteiger partial charge in [0.25, 0.3) is 0 Å². The number of aryl methyl sites for hydroxylation is 1. The number of rotatable bonds is 3. The average molecular weight is 381 g/mol. The quantitative estimate of drug-likeness (QED) is 0.444. The van der Waals surface area contributed by atoms with E-state index in [1.807, 2.05) is 49.4 Å². The summed E-state index contributed by atoms with van der Waals surface area (Å²) in [6.45, 7) is 1.96. The second-order valence-corrected chi connectivity index (χ2v) is 6.58. The molecule has 0 unspecified atom stereocenters. The number of hydrogen-bond acceptors (Lipinski definition) is 6. The van der Waals surface area contributed by atoms with Crippen LogP contribution in [0, 0.1) is 6.92 Å². The number of fused-ring (bicyclic) bond motifs is 3. The Morgan fingerprint density at radius 1 is 1.14 bits per heavy atom. The first kappa shape index (κ1) is 17.0. The van der Waals surface area contributed by atoms with Gasteiger partial charge >= 0.3 is 5.56 Å². The van der Waals surface area contributed by atoms with E-state index in [1.54, 1.807) is 24.7 Å². The van der Waals surface area contributed by atoms with Gasteiger partial charge in [0.05, 0.1) is 17.3 Å². The van der Waals surface area contributed by atoms with Gasteiger partial charge in [-0.05, 0) is 24.6 Å². The van der Waals surface area contributed by atoms with E-state index in [1.165, 1.54) is 6.33 Å². The SMILES string of the molecule is Cc1cc(-c2ccccc2)nc2oc3c(=O)n(N=Cc4cccnc4)cnc3c12. The normalized spacial score (nSPS) is 11.6. The summed E-state index contributed by atoms with van der Waals surface area (Å²) in [5, 5.41) is 4.92. The highest BCUT2D eigenvalue weighted by Gasteiger charge is 2.17. The van der Waals surface area contributed by atoms with E-state index in [9.17, 15) is 4.79 Å². The summed E-state index contributed by atoms with van der Waals surface area (Å²) in [7, 11) is 0. The van der Waals surface area contributed by atoms with E-state index in [-0.39, 0.29) is 5.58 Å². The Morgan fingerprint density at radius 3 is 2.79 bits per heavy atom. The minimum Gasteiger partial charge on any atom is -0.430 e. The molecule has 7 heteroatoms. The zero-order valence-corrected chi connectivity index (χ0v) is 15.5. The van der Waals surface area contributed by atoms with Crippen LogP contribution in [0.4, 0.5) is 0 Å². The smallest absolute Gasteiger partial charge is 0.317 e. The van der Waals surface area contributed by atoms with Gasteiger partial charge in [-0.25, -0.2) is 9.97 Å². The van der Waals surface area contributed by atoms with Crippen molar-refractivity contribution in [2.75, 3.05) is 0 Å².